The van der Waals surface area contributed by atoms with E-state index in [-0.39, 0.29) is 23.0 Å². The second-order valence-corrected chi connectivity index (χ2v) is 11.4. The Bertz CT molecular complexity index is 1240. The fourth-order valence-corrected chi connectivity index (χ4v) is 5.67. The van der Waals surface area contributed by atoms with E-state index in [2.05, 4.69) is 41.8 Å². The van der Waals surface area contributed by atoms with Crippen molar-refractivity contribution in [2.24, 2.45) is 4.99 Å². The molecule has 1 heterocycles. The van der Waals surface area contributed by atoms with Crippen LogP contribution in [-0.4, -0.2) is 36.7 Å². The molecule has 1 amide bonds. The fourth-order valence-electron chi connectivity index (χ4n) is 3.30. The highest BCUT2D eigenvalue weighted by molar-refractivity contribution is 7.98. The molecule has 160 valence electrons. The number of carbonyl (C=O) groups is 1. The molecule has 0 spiro atoms. The molecular formula is C22H26N2O3S3. The first-order valence-electron chi connectivity index (χ1n) is 9.74. The predicted octanol–water partition coefficient (Wildman–Crippen LogP) is 4.15. The van der Waals surface area contributed by atoms with Gasteiger partial charge >= 0.3 is 0 Å². The van der Waals surface area contributed by atoms with E-state index in [9.17, 15) is 13.2 Å². The van der Waals surface area contributed by atoms with Gasteiger partial charge in [-0.2, -0.15) is 16.8 Å². The number of thioether (sulfide) groups is 1. The predicted molar refractivity (Wildman–Crippen MR) is 126 cm³/mol. The van der Waals surface area contributed by atoms with Crippen molar-refractivity contribution in [3.8, 4) is 0 Å². The molecule has 0 N–H and O–H groups in total. The smallest absolute Gasteiger partial charge is 0.252 e. The third kappa shape index (κ3) is 5.04. The van der Waals surface area contributed by atoms with E-state index in [4.69, 9.17) is 0 Å². The first-order valence-corrected chi connectivity index (χ1v) is 13.6. The van der Waals surface area contributed by atoms with Gasteiger partial charge in [-0.1, -0.05) is 36.5 Å². The number of hydrogen-bond acceptors (Lipinski definition) is 5. The van der Waals surface area contributed by atoms with Crippen LogP contribution < -0.4 is 4.80 Å². The van der Waals surface area contributed by atoms with Crippen LogP contribution in [0.1, 0.15) is 23.6 Å². The van der Waals surface area contributed by atoms with Crippen LogP contribution in [0.25, 0.3) is 10.2 Å². The fraction of sp³-hybridized carbons (Fsp3) is 0.364. The van der Waals surface area contributed by atoms with Crippen LogP contribution >= 0.6 is 23.1 Å². The van der Waals surface area contributed by atoms with Gasteiger partial charge in [-0.05, 0) is 55.0 Å². The summed E-state index contributed by atoms with van der Waals surface area (Å²) in [6.07, 6.45) is 2.21. The Morgan fingerprint density at radius 3 is 2.50 bits per heavy atom. The van der Waals surface area contributed by atoms with E-state index >= 15 is 0 Å². The van der Waals surface area contributed by atoms with Crippen molar-refractivity contribution in [2.75, 3.05) is 17.8 Å². The topological polar surface area (TPSA) is 68.5 Å². The van der Waals surface area contributed by atoms with E-state index in [0.717, 1.165) is 28.1 Å². The molecule has 2 aromatic carbocycles. The van der Waals surface area contributed by atoms with Crippen molar-refractivity contribution >= 4 is 49.1 Å². The number of benzene rings is 2. The number of amides is 1. The van der Waals surface area contributed by atoms with E-state index in [0.29, 0.717) is 4.80 Å². The van der Waals surface area contributed by atoms with Gasteiger partial charge < -0.3 is 4.57 Å². The molecule has 0 saturated carbocycles. The molecule has 0 aliphatic heterocycles. The number of thiazole rings is 1. The van der Waals surface area contributed by atoms with E-state index in [1.54, 1.807) is 54.3 Å². The number of aromatic nitrogens is 1. The minimum atomic E-state index is -3.24. The summed E-state index contributed by atoms with van der Waals surface area (Å²) in [6.45, 7) is 6.57. The molecule has 3 rings (SSSR count). The molecule has 30 heavy (non-hydrogen) atoms. The molecule has 0 saturated heterocycles. The lowest BCUT2D eigenvalue weighted by molar-refractivity contribution is -0.117. The summed E-state index contributed by atoms with van der Waals surface area (Å²) < 4.78 is 27.2. The summed E-state index contributed by atoms with van der Waals surface area (Å²) in [5.74, 6) is 0.759. The molecule has 0 unspecified atom stereocenters. The zero-order valence-corrected chi connectivity index (χ0v) is 20.1. The minimum absolute atomic E-state index is 0.0570. The summed E-state index contributed by atoms with van der Waals surface area (Å²) >= 11 is 3.30. The van der Waals surface area contributed by atoms with Crippen molar-refractivity contribution in [1.82, 2.24) is 4.57 Å². The normalized spacial score (nSPS) is 12.6. The molecule has 0 aliphatic rings. The van der Waals surface area contributed by atoms with Crippen LogP contribution in [0.15, 0.2) is 46.3 Å². The lowest BCUT2D eigenvalue weighted by atomic mass is 10.1. The molecule has 3 aromatic rings. The van der Waals surface area contributed by atoms with Gasteiger partial charge in [0.1, 0.15) is 0 Å². The summed E-state index contributed by atoms with van der Waals surface area (Å²) in [7, 11) is -3.24. The number of fused-ring (bicyclic) bond motifs is 1. The van der Waals surface area contributed by atoms with Crippen LogP contribution in [0.3, 0.4) is 0 Å². The second kappa shape index (κ2) is 9.49. The molecule has 0 radical (unpaired) electrons. The highest BCUT2D eigenvalue weighted by atomic mass is 32.2. The van der Waals surface area contributed by atoms with Gasteiger partial charge in [0, 0.05) is 12.3 Å². The third-order valence-corrected chi connectivity index (χ3v) is 8.44. The first-order chi connectivity index (χ1) is 14.2. The largest absolute Gasteiger partial charge is 0.315 e. The van der Waals surface area contributed by atoms with Crippen LogP contribution in [0, 0.1) is 13.8 Å². The zero-order valence-electron chi connectivity index (χ0n) is 17.6. The standard InChI is InChI=1S/C22H26N2O3S3/c1-5-30(26,27)18-8-6-17(7-9-18)14-20(25)23-22-24(10-11-28-4)19-13-15(2)12-16(3)21(19)29-22/h6-9,12-13H,5,10-11,14H2,1-4H3. The average Bonchev–Trinajstić information content (AvgIpc) is 3.04. The Balaban J connectivity index is 1.94. The van der Waals surface area contributed by atoms with Crippen molar-refractivity contribution in [3.05, 3.63) is 57.9 Å². The number of nitrogens with zero attached hydrogens (tertiary/aromatic N) is 2. The van der Waals surface area contributed by atoms with Gasteiger partial charge in [-0.25, -0.2) is 8.42 Å². The zero-order chi connectivity index (χ0) is 21.9. The van der Waals surface area contributed by atoms with Crippen molar-refractivity contribution in [1.29, 1.82) is 0 Å². The van der Waals surface area contributed by atoms with Gasteiger partial charge in [0.25, 0.3) is 5.91 Å². The molecule has 5 nitrogen and oxygen atoms in total. The Labute approximate surface area is 185 Å². The molecule has 0 aliphatic carbocycles. The summed E-state index contributed by atoms with van der Waals surface area (Å²) in [6, 6.07) is 10.8. The lowest BCUT2D eigenvalue weighted by Gasteiger charge is -2.06. The maximum atomic E-state index is 12.7. The van der Waals surface area contributed by atoms with Crippen molar-refractivity contribution in [3.63, 3.8) is 0 Å². The van der Waals surface area contributed by atoms with E-state index in [1.807, 2.05) is 0 Å². The lowest BCUT2D eigenvalue weighted by Crippen LogP contribution is -2.18. The van der Waals surface area contributed by atoms with Gasteiger partial charge in [-0.3, -0.25) is 4.79 Å². The van der Waals surface area contributed by atoms with Crippen LogP contribution in [0.5, 0.6) is 0 Å². The van der Waals surface area contributed by atoms with E-state index < -0.39 is 9.84 Å². The number of sulfone groups is 1. The first kappa shape index (κ1) is 22.8. The molecule has 0 atom stereocenters. The maximum absolute atomic E-state index is 12.7. The summed E-state index contributed by atoms with van der Waals surface area (Å²) in [4.78, 5) is 18.1. The maximum Gasteiger partial charge on any atom is 0.252 e. The highest BCUT2D eigenvalue weighted by Gasteiger charge is 2.13. The molecule has 1 aromatic heterocycles. The Morgan fingerprint density at radius 1 is 1.17 bits per heavy atom. The van der Waals surface area contributed by atoms with Crippen LogP contribution in [0.4, 0.5) is 0 Å². The van der Waals surface area contributed by atoms with Gasteiger partial charge in [0.2, 0.25) is 0 Å². The molecular weight excluding hydrogens is 436 g/mol. The van der Waals surface area contributed by atoms with Crippen LogP contribution in [-0.2, 0) is 27.6 Å². The van der Waals surface area contributed by atoms with Gasteiger partial charge in [0.15, 0.2) is 14.6 Å². The van der Waals surface area contributed by atoms with Gasteiger partial charge in [0.05, 0.1) is 27.3 Å². The SMILES string of the molecule is CCS(=O)(=O)c1ccc(CC(=O)N=c2sc3c(C)cc(C)cc3n2CCSC)cc1. The third-order valence-electron chi connectivity index (χ3n) is 4.87. The Hall–Kier alpha value is -1.90. The van der Waals surface area contributed by atoms with Crippen molar-refractivity contribution in [2.45, 2.75) is 38.6 Å². The number of carbonyl (C=O) groups excluding carboxylic acids is 1. The number of aryl methyl sites for hydroxylation is 3. The summed E-state index contributed by atoms with van der Waals surface area (Å²) in [5.41, 5.74) is 4.25. The van der Waals surface area contributed by atoms with Crippen molar-refractivity contribution < 1.29 is 13.2 Å². The van der Waals surface area contributed by atoms with Gasteiger partial charge in [-0.15, -0.1) is 0 Å². The second-order valence-electron chi connectivity index (χ2n) is 7.19. The average molecular weight is 463 g/mol. The van der Waals surface area contributed by atoms with E-state index in [1.165, 1.54) is 11.1 Å². The molecule has 8 heteroatoms. The highest BCUT2D eigenvalue weighted by Crippen LogP contribution is 2.24. The quantitative estimate of drug-likeness (QED) is 0.529. The summed E-state index contributed by atoms with van der Waals surface area (Å²) in [5, 5.41) is 0. The minimum Gasteiger partial charge on any atom is -0.315 e. The number of hydrogen-bond donors (Lipinski definition) is 0. The number of rotatable bonds is 7. The Kier molecular flexibility index (Phi) is 7.21. The molecule has 0 bridgehead atoms. The molecule has 0 fully saturated rings. The Morgan fingerprint density at radius 2 is 1.87 bits per heavy atom. The monoisotopic (exact) mass is 462 g/mol. The van der Waals surface area contributed by atoms with Crippen LogP contribution in [0.2, 0.25) is 0 Å².